The average molecular weight is 306 g/mol. The van der Waals surface area contributed by atoms with Gasteiger partial charge in [-0.2, -0.15) is 0 Å². The number of hydrogen-bond donors (Lipinski definition) is 2. The largest absolute Gasteiger partial charge is 0.374 e. The third kappa shape index (κ3) is 2.54. The highest BCUT2D eigenvalue weighted by Crippen LogP contribution is 2.29. The van der Waals surface area contributed by atoms with Crippen LogP contribution in [0.2, 0.25) is 0 Å². The van der Waals surface area contributed by atoms with Crippen LogP contribution in [0.25, 0.3) is 11.0 Å². The number of carbonyl (C=O) groups is 1. The number of H-pyrrole nitrogens is 1. The third-order valence-corrected chi connectivity index (χ3v) is 4.38. The van der Waals surface area contributed by atoms with Crippen LogP contribution in [0.15, 0.2) is 42.7 Å². The number of imidazole rings is 1. The van der Waals surface area contributed by atoms with Gasteiger partial charge >= 0.3 is 0 Å². The number of aryl methyl sites for hydroxylation is 1. The molecule has 0 atom stereocenters. The monoisotopic (exact) mass is 306 g/mol. The highest BCUT2D eigenvalue weighted by Gasteiger charge is 2.15. The molecule has 0 spiro atoms. The van der Waals surface area contributed by atoms with E-state index in [4.69, 9.17) is 0 Å². The van der Waals surface area contributed by atoms with Crippen LogP contribution in [-0.4, -0.2) is 29.5 Å². The molecule has 0 radical (unpaired) electrons. The first-order valence-corrected chi connectivity index (χ1v) is 7.79. The summed E-state index contributed by atoms with van der Waals surface area (Å²) in [6.45, 7) is 1.06. The van der Waals surface area contributed by atoms with E-state index in [0.29, 0.717) is 5.56 Å². The SMILES string of the molecule is CN1CCCc2ccc(NC(=O)c3ccc4nc[nH]c4c3)cc21. The molecule has 1 aliphatic rings. The summed E-state index contributed by atoms with van der Waals surface area (Å²) in [5, 5.41) is 2.99. The van der Waals surface area contributed by atoms with Crippen molar-refractivity contribution in [2.75, 3.05) is 23.8 Å². The highest BCUT2D eigenvalue weighted by molar-refractivity contribution is 6.06. The van der Waals surface area contributed by atoms with Crippen molar-refractivity contribution >= 4 is 28.3 Å². The molecule has 1 amide bonds. The van der Waals surface area contributed by atoms with Gasteiger partial charge in [-0.25, -0.2) is 4.98 Å². The number of amides is 1. The lowest BCUT2D eigenvalue weighted by Crippen LogP contribution is -2.24. The second-order valence-electron chi connectivity index (χ2n) is 5.96. The minimum absolute atomic E-state index is 0.111. The first-order valence-electron chi connectivity index (χ1n) is 7.79. The molecule has 2 aromatic carbocycles. The summed E-state index contributed by atoms with van der Waals surface area (Å²) < 4.78 is 0. The van der Waals surface area contributed by atoms with Crippen LogP contribution in [0.1, 0.15) is 22.3 Å². The molecular formula is C18H18N4O. The molecule has 0 saturated carbocycles. The molecule has 5 nitrogen and oxygen atoms in total. The van der Waals surface area contributed by atoms with Gasteiger partial charge in [0.25, 0.3) is 5.91 Å². The highest BCUT2D eigenvalue weighted by atomic mass is 16.1. The van der Waals surface area contributed by atoms with E-state index in [0.717, 1.165) is 29.7 Å². The summed E-state index contributed by atoms with van der Waals surface area (Å²) in [6, 6.07) is 11.6. The minimum atomic E-state index is -0.111. The normalized spacial score (nSPS) is 13.9. The first kappa shape index (κ1) is 13.8. The topological polar surface area (TPSA) is 61.0 Å². The van der Waals surface area contributed by atoms with E-state index < -0.39 is 0 Å². The van der Waals surface area contributed by atoms with Crippen molar-refractivity contribution in [3.05, 3.63) is 53.9 Å². The zero-order valence-corrected chi connectivity index (χ0v) is 13.0. The molecule has 0 saturated heterocycles. The van der Waals surface area contributed by atoms with Crippen LogP contribution in [0.5, 0.6) is 0 Å². The van der Waals surface area contributed by atoms with E-state index in [-0.39, 0.29) is 5.91 Å². The van der Waals surface area contributed by atoms with Crippen LogP contribution in [0.4, 0.5) is 11.4 Å². The van der Waals surface area contributed by atoms with Crippen LogP contribution in [0, 0.1) is 0 Å². The Balaban J connectivity index is 1.59. The smallest absolute Gasteiger partial charge is 0.255 e. The van der Waals surface area contributed by atoms with Crippen LogP contribution < -0.4 is 10.2 Å². The maximum atomic E-state index is 12.5. The van der Waals surface area contributed by atoms with Crippen LogP contribution >= 0.6 is 0 Å². The van der Waals surface area contributed by atoms with Gasteiger partial charge in [-0.3, -0.25) is 4.79 Å². The van der Waals surface area contributed by atoms with Crippen molar-refractivity contribution in [2.24, 2.45) is 0 Å². The molecule has 116 valence electrons. The molecule has 0 fully saturated rings. The Morgan fingerprint density at radius 2 is 2.17 bits per heavy atom. The molecule has 1 aliphatic heterocycles. The molecule has 2 N–H and O–H groups in total. The van der Waals surface area contributed by atoms with Gasteiger partial charge in [-0.05, 0) is 48.7 Å². The van der Waals surface area contributed by atoms with Crippen molar-refractivity contribution in [1.82, 2.24) is 9.97 Å². The Morgan fingerprint density at radius 1 is 1.26 bits per heavy atom. The number of fused-ring (bicyclic) bond motifs is 2. The van der Waals surface area contributed by atoms with Gasteiger partial charge in [-0.15, -0.1) is 0 Å². The average Bonchev–Trinajstić information content (AvgIpc) is 3.03. The fourth-order valence-corrected chi connectivity index (χ4v) is 3.12. The summed E-state index contributed by atoms with van der Waals surface area (Å²) in [4.78, 5) is 21.9. The maximum Gasteiger partial charge on any atom is 0.255 e. The zero-order chi connectivity index (χ0) is 15.8. The number of carbonyl (C=O) groups excluding carboxylic acids is 1. The van der Waals surface area contributed by atoms with E-state index in [2.05, 4.69) is 39.4 Å². The van der Waals surface area contributed by atoms with Gasteiger partial charge in [0.15, 0.2) is 0 Å². The van der Waals surface area contributed by atoms with Crippen molar-refractivity contribution < 1.29 is 4.79 Å². The Morgan fingerprint density at radius 3 is 3.09 bits per heavy atom. The number of benzene rings is 2. The molecular weight excluding hydrogens is 288 g/mol. The van der Waals surface area contributed by atoms with E-state index in [1.165, 1.54) is 17.7 Å². The van der Waals surface area contributed by atoms with Crippen LogP contribution in [-0.2, 0) is 6.42 Å². The van der Waals surface area contributed by atoms with Crippen molar-refractivity contribution in [2.45, 2.75) is 12.8 Å². The van der Waals surface area contributed by atoms with Gasteiger partial charge in [0.1, 0.15) is 0 Å². The quantitative estimate of drug-likeness (QED) is 0.764. The second-order valence-corrected chi connectivity index (χ2v) is 5.96. The molecule has 0 bridgehead atoms. The first-order chi connectivity index (χ1) is 11.2. The van der Waals surface area contributed by atoms with Crippen molar-refractivity contribution in [1.29, 1.82) is 0 Å². The predicted octanol–water partition coefficient (Wildman–Crippen LogP) is 3.20. The Bertz CT molecular complexity index is 884. The van der Waals surface area contributed by atoms with Crippen LogP contribution in [0.3, 0.4) is 0 Å². The fourth-order valence-electron chi connectivity index (χ4n) is 3.12. The summed E-state index contributed by atoms with van der Waals surface area (Å²) >= 11 is 0. The number of aromatic nitrogens is 2. The molecule has 23 heavy (non-hydrogen) atoms. The minimum Gasteiger partial charge on any atom is -0.374 e. The molecule has 5 heteroatoms. The van der Waals surface area contributed by atoms with Crippen molar-refractivity contribution in [3.8, 4) is 0 Å². The lowest BCUT2D eigenvalue weighted by Gasteiger charge is -2.28. The van der Waals surface area contributed by atoms with Gasteiger partial charge in [0.2, 0.25) is 0 Å². The number of rotatable bonds is 2. The van der Waals surface area contributed by atoms with E-state index in [1.807, 2.05) is 18.2 Å². The van der Waals surface area contributed by atoms with Gasteiger partial charge < -0.3 is 15.2 Å². The van der Waals surface area contributed by atoms with E-state index >= 15 is 0 Å². The summed E-state index contributed by atoms with van der Waals surface area (Å²) in [7, 11) is 2.09. The number of nitrogens with one attached hydrogen (secondary N) is 2. The summed E-state index contributed by atoms with van der Waals surface area (Å²) in [5.41, 5.74) is 5.72. The number of anilines is 2. The fraction of sp³-hybridized carbons (Fsp3) is 0.222. The molecule has 2 heterocycles. The second kappa shape index (κ2) is 5.43. The maximum absolute atomic E-state index is 12.5. The molecule has 4 rings (SSSR count). The Kier molecular flexibility index (Phi) is 3.26. The third-order valence-electron chi connectivity index (χ3n) is 4.38. The predicted molar refractivity (Wildman–Crippen MR) is 92.1 cm³/mol. The molecule has 0 aliphatic carbocycles. The molecule has 3 aromatic rings. The van der Waals surface area contributed by atoms with Gasteiger partial charge in [0.05, 0.1) is 17.4 Å². The Hall–Kier alpha value is -2.82. The number of aromatic amines is 1. The van der Waals surface area contributed by atoms with Crippen molar-refractivity contribution in [3.63, 3.8) is 0 Å². The zero-order valence-electron chi connectivity index (χ0n) is 13.0. The Labute approximate surface area is 134 Å². The number of nitrogens with zero attached hydrogens (tertiary/aromatic N) is 2. The standard InChI is InChI=1S/C18H18N4O/c1-22-8-2-3-12-4-6-14(10-17(12)22)21-18(23)13-5-7-15-16(9-13)20-11-19-15/h4-7,9-11H,2-3,8H2,1H3,(H,19,20)(H,21,23). The van der Waals surface area contributed by atoms with Gasteiger partial charge in [0, 0.05) is 30.5 Å². The summed E-state index contributed by atoms with van der Waals surface area (Å²) in [6.07, 6.45) is 3.91. The lowest BCUT2D eigenvalue weighted by atomic mass is 10.0. The van der Waals surface area contributed by atoms with Gasteiger partial charge in [-0.1, -0.05) is 6.07 Å². The summed E-state index contributed by atoms with van der Waals surface area (Å²) in [5.74, 6) is -0.111. The molecule has 0 unspecified atom stereocenters. The number of hydrogen-bond acceptors (Lipinski definition) is 3. The lowest BCUT2D eigenvalue weighted by molar-refractivity contribution is 0.102. The van der Waals surface area contributed by atoms with E-state index in [1.54, 1.807) is 12.4 Å². The van der Waals surface area contributed by atoms with E-state index in [9.17, 15) is 4.79 Å². The molecule has 1 aromatic heterocycles.